The van der Waals surface area contributed by atoms with Crippen LogP contribution < -0.4 is 10.1 Å². The summed E-state index contributed by atoms with van der Waals surface area (Å²) in [6.45, 7) is 1.78. The van der Waals surface area contributed by atoms with Crippen molar-refractivity contribution in [3.63, 3.8) is 0 Å². The summed E-state index contributed by atoms with van der Waals surface area (Å²) >= 11 is 3.40. The minimum absolute atomic E-state index is 0.232. The Kier molecular flexibility index (Phi) is 4.71. The Morgan fingerprint density at radius 1 is 1.12 bits per heavy atom. The number of nitrogens with one attached hydrogen (secondary N) is 1. The van der Waals surface area contributed by atoms with Crippen LogP contribution in [0, 0.1) is 6.92 Å². The van der Waals surface area contributed by atoms with Gasteiger partial charge in [-0.3, -0.25) is 4.79 Å². The monoisotopic (exact) mass is 385 g/mol. The van der Waals surface area contributed by atoms with Crippen molar-refractivity contribution in [2.45, 2.75) is 6.92 Å². The smallest absolute Gasteiger partial charge is 0.259 e. The molecule has 0 spiro atoms. The summed E-state index contributed by atoms with van der Waals surface area (Å²) in [5, 5.41) is 2.86. The molecular weight excluding hydrogens is 370 g/mol. The molecule has 0 aliphatic carbocycles. The maximum Gasteiger partial charge on any atom is 0.259 e. The molecule has 1 amide bonds. The van der Waals surface area contributed by atoms with Gasteiger partial charge in [0.15, 0.2) is 0 Å². The number of carbonyl (C=O) groups is 1. The van der Waals surface area contributed by atoms with Gasteiger partial charge in [0.25, 0.3) is 5.91 Å². The zero-order valence-electron chi connectivity index (χ0n) is 13.3. The number of hydrogen-bond donors (Lipinski definition) is 1. The molecule has 3 aromatic rings. The molecule has 0 unspecified atom stereocenters. The zero-order chi connectivity index (χ0) is 17.1. The fourth-order valence-electron chi connectivity index (χ4n) is 2.40. The van der Waals surface area contributed by atoms with Crippen LogP contribution in [0.3, 0.4) is 0 Å². The summed E-state index contributed by atoms with van der Waals surface area (Å²) in [4.78, 5) is 12.6. The van der Waals surface area contributed by atoms with Gasteiger partial charge in [0, 0.05) is 10.0 Å². The summed E-state index contributed by atoms with van der Waals surface area (Å²) < 4.78 is 12.0. The molecule has 1 heterocycles. The topological polar surface area (TPSA) is 51.5 Å². The number of anilines is 1. The number of methoxy groups -OCH3 is 1. The SMILES string of the molecule is COc1ccccc1NC(=O)c1cc(-c2ccc(Br)cc2)oc1C. The van der Waals surface area contributed by atoms with Crippen LogP contribution in [-0.2, 0) is 0 Å². The zero-order valence-corrected chi connectivity index (χ0v) is 14.9. The van der Waals surface area contributed by atoms with Crippen LogP contribution in [0.5, 0.6) is 5.75 Å². The number of halogens is 1. The Morgan fingerprint density at radius 2 is 1.83 bits per heavy atom. The number of rotatable bonds is 4. The van der Waals surface area contributed by atoms with E-state index < -0.39 is 0 Å². The Morgan fingerprint density at radius 3 is 2.54 bits per heavy atom. The first-order valence-electron chi connectivity index (χ1n) is 7.39. The van der Waals surface area contributed by atoms with Crippen LogP contribution >= 0.6 is 15.9 Å². The molecule has 1 N–H and O–H groups in total. The van der Waals surface area contributed by atoms with Crippen molar-refractivity contribution in [1.29, 1.82) is 0 Å². The van der Waals surface area contributed by atoms with E-state index in [1.165, 1.54) is 0 Å². The van der Waals surface area contributed by atoms with Gasteiger partial charge in [0.05, 0.1) is 18.4 Å². The third kappa shape index (κ3) is 3.36. The second-order valence-electron chi connectivity index (χ2n) is 5.24. The van der Waals surface area contributed by atoms with Crippen LogP contribution in [0.2, 0.25) is 0 Å². The highest BCUT2D eigenvalue weighted by atomic mass is 79.9. The molecule has 0 aliphatic rings. The molecule has 4 nitrogen and oxygen atoms in total. The van der Waals surface area contributed by atoms with Gasteiger partial charge in [-0.05, 0) is 37.3 Å². The second-order valence-corrected chi connectivity index (χ2v) is 6.16. The second kappa shape index (κ2) is 6.93. The molecule has 0 saturated carbocycles. The van der Waals surface area contributed by atoms with Gasteiger partial charge in [0.1, 0.15) is 17.3 Å². The molecule has 3 rings (SSSR count). The van der Waals surface area contributed by atoms with E-state index >= 15 is 0 Å². The number of amides is 1. The summed E-state index contributed by atoms with van der Waals surface area (Å²) in [5.41, 5.74) is 2.03. The number of para-hydroxylation sites is 2. The van der Waals surface area contributed by atoms with Gasteiger partial charge in [0.2, 0.25) is 0 Å². The minimum Gasteiger partial charge on any atom is -0.495 e. The number of carbonyl (C=O) groups excluding carboxylic acids is 1. The summed E-state index contributed by atoms with van der Waals surface area (Å²) in [7, 11) is 1.57. The highest BCUT2D eigenvalue weighted by Gasteiger charge is 2.17. The predicted octanol–water partition coefficient (Wildman–Crippen LogP) is 5.28. The molecule has 0 saturated heterocycles. The van der Waals surface area contributed by atoms with Crippen LogP contribution in [0.25, 0.3) is 11.3 Å². The molecule has 5 heteroatoms. The Balaban J connectivity index is 1.87. The molecule has 1 aromatic heterocycles. The number of aryl methyl sites for hydroxylation is 1. The average molecular weight is 386 g/mol. The van der Waals surface area contributed by atoms with Gasteiger partial charge in [-0.2, -0.15) is 0 Å². The largest absolute Gasteiger partial charge is 0.495 e. The highest BCUT2D eigenvalue weighted by molar-refractivity contribution is 9.10. The Bertz CT molecular complexity index is 869. The fourth-order valence-corrected chi connectivity index (χ4v) is 2.67. The number of hydrogen-bond acceptors (Lipinski definition) is 3. The van der Waals surface area contributed by atoms with E-state index in [-0.39, 0.29) is 5.91 Å². The van der Waals surface area contributed by atoms with E-state index in [0.29, 0.717) is 28.5 Å². The van der Waals surface area contributed by atoms with Crippen molar-refractivity contribution in [1.82, 2.24) is 0 Å². The molecule has 122 valence electrons. The first-order chi connectivity index (χ1) is 11.6. The molecule has 0 atom stereocenters. The number of benzene rings is 2. The van der Waals surface area contributed by atoms with Gasteiger partial charge in [-0.15, -0.1) is 0 Å². The first-order valence-corrected chi connectivity index (χ1v) is 8.18. The average Bonchev–Trinajstić information content (AvgIpc) is 2.98. The minimum atomic E-state index is -0.232. The van der Waals surface area contributed by atoms with E-state index in [9.17, 15) is 4.79 Å². The van der Waals surface area contributed by atoms with Gasteiger partial charge >= 0.3 is 0 Å². The molecule has 24 heavy (non-hydrogen) atoms. The van der Waals surface area contributed by atoms with E-state index in [1.54, 1.807) is 32.2 Å². The number of furan rings is 1. The van der Waals surface area contributed by atoms with Gasteiger partial charge < -0.3 is 14.5 Å². The fraction of sp³-hybridized carbons (Fsp3) is 0.105. The van der Waals surface area contributed by atoms with E-state index in [4.69, 9.17) is 9.15 Å². The van der Waals surface area contributed by atoms with Crippen LogP contribution in [0.1, 0.15) is 16.1 Å². The number of ether oxygens (including phenoxy) is 1. The standard InChI is InChI=1S/C19H16BrNO3/c1-12-15(11-18(24-12)13-7-9-14(20)10-8-13)19(22)21-16-5-3-4-6-17(16)23-2/h3-11H,1-2H3,(H,21,22). The third-order valence-electron chi connectivity index (χ3n) is 3.65. The van der Waals surface area contributed by atoms with Gasteiger partial charge in [-0.25, -0.2) is 0 Å². The maximum atomic E-state index is 12.6. The van der Waals surface area contributed by atoms with E-state index in [2.05, 4.69) is 21.2 Å². The lowest BCUT2D eigenvalue weighted by Crippen LogP contribution is -2.12. The Labute approximate surface area is 148 Å². The van der Waals surface area contributed by atoms with E-state index in [1.807, 2.05) is 36.4 Å². The van der Waals surface area contributed by atoms with Crippen LogP contribution in [0.4, 0.5) is 5.69 Å². The molecule has 2 aromatic carbocycles. The third-order valence-corrected chi connectivity index (χ3v) is 4.17. The van der Waals surface area contributed by atoms with Crippen molar-refractivity contribution < 1.29 is 13.9 Å². The molecular formula is C19H16BrNO3. The van der Waals surface area contributed by atoms with Crippen molar-refractivity contribution in [2.24, 2.45) is 0 Å². The summed E-state index contributed by atoms with van der Waals surface area (Å²) in [6, 6.07) is 16.8. The molecule has 0 bridgehead atoms. The van der Waals surface area contributed by atoms with E-state index in [0.717, 1.165) is 10.0 Å². The lowest BCUT2D eigenvalue weighted by Gasteiger charge is -2.09. The van der Waals surface area contributed by atoms with Crippen LogP contribution in [0.15, 0.2) is 63.5 Å². The van der Waals surface area contributed by atoms with Gasteiger partial charge in [-0.1, -0.05) is 40.2 Å². The molecule has 0 aliphatic heterocycles. The summed E-state index contributed by atoms with van der Waals surface area (Å²) in [5.74, 6) is 1.61. The van der Waals surface area contributed by atoms with Crippen molar-refractivity contribution in [3.05, 3.63) is 70.4 Å². The molecule has 0 radical (unpaired) electrons. The first kappa shape index (κ1) is 16.3. The van der Waals surface area contributed by atoms with Crippen LogP contribution in [-0.4, -0.2) is 13.0 Å². The highest BCUT2D eigenvalue weighted by Crippen LogP contribution is 2.28. The predicted molar refractivity (Wildman–Crippen MR) is 97.5 cm³/mol. The van der Waals surface area contributed by atoms with Crippen molar-refractivity contribution >= 4 is 27.5 Å². The summed E-state index contributed by atoms with van der Waals surface area (Å²) in [6.07, 6.45) is 0. The normalized spacial score (nSPS) is 10.5. The maximum absolute atomic E-state index is 12.6. The Hall–Kier alpha value is -2.53. The van der Waals surface area contributed by atoms with Crippen molar-refractivity contribution in [3.8, 4) is 17.1 Å². The van der Waals surface area contributed by atoms with Crippen molar-refractivity contribution in [2.75, 3.05) is 12.4 Å². The quantitative estimate of drug-likeness (QED) is 0.664. The lowest BCUT2D eigenvalue weighted by atomic mass is 10.1. The lowest BCUT2D eigenvalue weighted by molar-refractivity contribution is 0.102. The molecule has 0 fully saturated rings.